The number of anilines is 1. The van der Waals surface area contributed by atoms with Crippen LogP contribution in [0.15, 0.2) is 77.4 Å². The van der Waals surface area contributed by atoms with Gasteiger partial charge in [0.15, 0.2) is 0 Å². The monoisotopic (exact) mass is 429 g/mol. The fourth-order valence-corrected chi connectivity index (χ4v) is 3.66. The highest BCUT2D eigenvalue weighted by atomic mass is 19.1. The van der Waals surface area contributed by atoms with Crippen LogP contribution in [-0.4, -0.2) is 13.0 Å². The summed E-state index contributed by atoms with van der Waals surface area (Å²) in [6.07, 6.45) is 4.14. The van der Waals surface area contributed by atoms with Crippen molar-refractivity contribution in [3.05, 3.63) is 89.9 Å². The molecule has 1 heterocycles. The number of halogens is 1. The highest BCUT2D eigenvalue weighted by molar-refractivity contribution is 6.05. The van der Waals surface area contributed by atoms with Crippen LogP contribution in [0.4, 0.5) is 10.1 Å². The normalized spacial score (nSPS) is 11.6. The Bertz CT molecular complexity index is 1290. The number of nitrogens with one attached hydrogen (secondary N) is 1. The molecule has 0 unspecified atom stereocenters. The Labute approximate surface area is 186 Å². The lowest BCUT2D eigenvalue weighted by Gasteiger charge is -2.10. The van der Waals surface area contributed by atoms with Crippen molar-refractivity contribution in [3.63, 3.8) is 0 Å². The van der Waals surface area contributed by atoms with E-state index in [4.69, 9.17) is 9.15 Å². The highest BCUT2D eigenvalue weighted by Crippen LogP contribution is 2.37. The van der Waals surface area contributed by atoms with E-state index in [1.54, 1.807) is 37.6 Å². The maximum absolute atomic E-state index is 13.3. The average Bonchev–Trinajstić information content (AvgIpc) is 3.22. The van der Waals surface area contributed by atoms with Crippen LogP contribution < -0.4 is 10.1 Å². The number of methoxy groups -OCH3 is 1. The number of fused-ring (bicyclic) bond motifs is 1. The lowest BCUT2D eigenvalue weighted by atomic mass is 9.99. The summed E-state index contributed by atoms with van der Waals surface area (Å²) in [7, 11) is 1.58. The summed E-state index contributed by atoms with van der Waals surface area (Å²) in [6, 6.07) is 17.8. The SMILES string of the molecule is CCc1ccc(NC(=O)/C=C(\C)c2cc3c(-c4ccc(F)cc4)coc3cc2OC)cc1. The van der Waals surface area contributed by atoms with E-state index in [1.807, 2.05) is 37.3 Å². The zero-order chi connectivity index (χ0) is 22.7. The van der Waals surface area contributed by atoms with E-state index in [0.717, 1.165) is 39.8 Å². The van der Waals surface area contributed by atoms with Crippen LogP contribution in [0.1, 0.15) is 25.0 Å². The van der Waals surface area contributed by atoms with Crippen molar-refractivity contribution in [2.75, 3.05) is 12.4 Å². The fourth-order valence-electron chi connectivity index (χ4n) is 3.66. The predicted octanol–water partition coefficient (Wildman–Crippen LogP) is 6.85. The molecule has 5 heteroatoms. The minimum atomic E-state index is -0.293. The van der Waals surface area contributed by atoms with Gasteiger partial charge in [-0.3, -0.25) is 4.79 Å². The molecule has 1 N–H and O–H groups in total. The summed E-state index contributed by atoms with van der Waals surface area (Å²) in [5.41, 5.74) is 5.82. The molecule has 0 saturated heterocycles. The van der Waals surface area contributed by atoms with Crippen molar-refractivity contribution in [2.45, 2.75) is 20.3 Å². The van der Waals surface area contributed by atoms with E-state index in [2.05, 4.69) is 12.2 Å². The first-order valence-electron chi connectivity index (χ1n) is 10.4. The molecule has 4 nitrogen and oxygen atoms in total. The van der Waals surface area contributed by atoms with Gasteiger partial charge in [-0.1, -0.05) is 31.2 Å². The zero-order valence-electron chi connectivity index (χ0n) is 18.2. The first kappa shape index (κ1) is 21.4. The maximum atomic E-state index is 13.3. The predicted molar refractivity (Wildman–Crippen MR) is 126 cm³/mol. The van der Waals surface area contributed by atoms with Crippen molar-refractivity contribution in [1.29, 1.82) is 0 Å². The van der Waals surface area contributed by atoms with Gasteiger partial charge < -0.3 is 14.5 Å². The smallest absolute Gasteiger partial charge is 0.248 e. The number of carbonyl (C=O) groups excluding carboxylic acids is 1. The molecule has 32 heavy (non-hydrogen) atoms. The largest absolute Gasteiger partial charge is 0.496 e. The Morgan fingerprint density at radius 3 is 2.47 bits per heavy atom. The van der Waals surface area contributed by atoms with Crippen LogP contribution in [0.25, 0.3) is 27.7 Å². The van der Waals surface area contributed by atoms with Gasteiger partial charge in [-0.2, -0.15) is 0 Å². The van der Waals surface area contributed by atoms with Crippen LogP contribution in [0, 0.1) is 5.82 Å². The minimum Gasteiger partial charge on any atom is -0.496 e. The van der Waals surface area contributed by atoms with E-state index >= 15 is 0 Å². The van der Waals surface area contributed by atoms with Gasteiger partial charge >= 0.3 is 0 Å². The first-order valence-corrected chi connectivity index (χ1v) is 10.4. The summed E-state index contributed by atoms with van der Waals surface area (Å²) in [5.74, 6) is 0.0873. The molecule has 0 saturated carbocycles. The second-order valence-corrected chi connectivity index (χ2v) is 7.57. The van der Waals surface area contributed by atoms with Crippen LogP contribution in [-0.2, 0) is 11.2 Å². The van der Waals surface area contributed by atoms with E-state index in [-0.39, 0.29) is 11.7 Å². The lowest BCUT2D eigenvalue weighted by Crippen LogP contribution is -2.08. The molecule has 0 aliphatic rings. The third-order valence-corrected chi connectivity index (χ3v) is 5.45. The number of furan rings is 1. The van der Waals surface area contributed by atoms with E-state index in [0.29, 0.717) is 11.3 Å². The number of amides is 1. The molecule has 0 spiro atoms. The molecule has 0 radical (unpaired) electrons. The van der Waals surface area contributed by atoms with Crippen molar-refractivity contribution in [1.82, 2.24) is 0 Å². The minimum absolute atomic E-state index is 0.222. The third kappa shape index (κ3) is 4.42. The number of benzene rings is 3. The Kier molecular flexibility index (Phi) is 6.08. The maximum Gasteiger partial charge on any atom is 0.248 e. The molecule has 3 aromatic carbocycles. The van der Waals surface area contributed by atoms with Crippen LogP contribution in [0.5, 0.6) is 5.75 Å². The molecule has 1 amide bonds. The second-order valence-electron chi connectivity index (χ2n) is 7.57. The van der Waals surface area contributed by atoms with E-state index in [1.165, 1.54) is 17.7 Å². The molecule has 162 valence electrons. The number of aryl methyl sites for hydroxylation is 1. The van der Waals surface area contributed by atoms with Gasteiger partial charge in [0.05, 0.1) is 13.4 Å². The molecular formula is C27H24FNO3. The number of hydrogen-bond acceptors (Lipinski definition) is 3. The quantitative estimate of drug-likeness (QED) is 0.341. The van der Waals surface area contributed by atoms with Gasteiger partial charge in [0, 0.05) is 34.3 Å². The van der Waals surface area contributed by atoms with Crippen LogP contribution >= 0.6 is 0 Å². The van der Waals surface area contributed by atoms with Gasteiger partial charge in [0.2, 0.25) is 5.91 Å². The molecule has 1 aromatic heterocycles. The van der Waals surface area contributed by atoms with Gasteiger partial charge in [-0.15, -0.1) is 0 Å². The van der Waals surface area contributed by atoms with E-state index in [9.17, 15) is 9.18 Å². The van der Waals surface area contributed by atoms with Crippen molar-refractivity contribution >= 4 is 28.1 Å². The van der Waals surface area contributed by atoms with Gasteiger partial charge in [-0.25, -0.2) is 4.39 Å². The molecule has 0 bridgehead atoms. The molecule has 0 aliphatic heterocycles. The number of allylic oxidation sites excluding steroid dienone is 1. The highest BCUT2D eigenvalue weighted by Gasteiger charge is 2.15. The van der Waals surface area contributed by atoms with Gasteiger partial charge in [0.1, 0.15) is 17.1 Å². The molecular weight excluding hydrogens is 405 g/mol. The van der Waals surface area contributed by atoms with Crippen molar-refractivity contribution in [3.8, 4) is 16.9 Å². The Balaban J connectivity index is 1.67. The number of hydrogen-bond donors (Lipinski definition) is 1. The van der Waals surface area contributed by atoms with Crippen LogP contribution in [0.3, 0.4) is 0 Å². The number of ether oxygens (including phenoxy) is 1. The molecule has 4 aromatic rings. The molecule has 0 fully saturated rings. The summed E-state index contributed by atoms with van der Waals surface area (Å²) < 4.78 is 24.6. The van der Waals surface area contributed by atoms with Crippen LogP contribution in [0.2, 0.25) is 0 Å². The lowest BCUT2D eigenvalue weighted by molar-refractivity contribution is -0.111. The fraction of sp³-hybridized carbons (Fsp3) is 0.148. The van der Waals surface area contributed by atoms with Gasteiger partial charge in [0.25, 0.3) is 0 Å². The number of carbonyl (C=O) groups is 1. The topological polar surface area (TPSA) is 51.5 Å². The summed E-state index contributed by atoms with van der Waals surface area (Å²) >= 11 is 0. The Morgan fingerprint density at radius 1 is 1.09 bits per heavy atom. The zero-order valence-corrected chi connectivity index (χ0v) is 18.2. The average molecular weight is 429 g/mol. The first-order chi connectivity index (χ1) is 15.5. The Hall–Kier alpha value is -3.86. The van der Waals surface area contributed by atoms with E-state index < -0.39 is 0 Å². The summed E-state index contributed by atoms with van der Waals surface area (Å²) in [5, 5.41) is 3.75. The molecule has 4 rings (SSSR count). The molecule has 0 aliphatic carbocycles. The summed E-state index contributed by atoms with van der Waals surface area (Å²) in [6.45, 7) is 3.95. The van der Waals surface area contributed by atoms with Crippen molar-refractivity contribution in [2.24, 2.45) is 0 Å². The van der Waals surface area contributed by atoms with Gasteiger partial charge in [-0.05, 0) is 60.4 Å². The standard InChI is InChI=1S/C27H24FNO3/c1-4-18-5-11-21(12-6-18)29-27(30)13-17(2)22-14-23-24(19-7-9-20(28)10-8-19)16-32-26(23)15-25(22)31-3/h5-16H,4H2,1-3H3,(H,29,30)/b17-13+. The number of rotatable bonds is 6. The summed E-state index contributed by atoms with van der Waals surface area (Å²) in [4.78, 5) is 12.6. The van der Waals surface area contributed by atoms with Crippen molar-refractivity contribution < 1.29 is 18.3 Å². The Morgan fingerprint density at radius 2 is 1.81 bits per heavy atom. The third-order valence-electron chi connectivity index (χ3n) is 5.45. The molecule has 0 atom stereocenters. The second kappa shape index (κ2) is 9.10.